The third kappa shape index (κ3) is 4.99. The number of hydrogen-bond acceptors (Lipinski definition) is 10. The molecule has 2 aliphatic heterocycles. The van der Waals surface area contributed by atoms with Gasteiger partial charge in [-0.05, 0) is 37.0 Å². The summed E-state index contributed by atoms with van der Waals surface area (Å²) in [6.45, 7) is 0. The number of aromatic hydroxyl groups is 1. The van der Waals surface area contributed by atoms with Crippen molar-refractivity contribution in [2.45, 2.75) is 28.5 Å². The molecule has 0 radical (unpaired) electrons. The number of allylic oxidation sites excluding steroid dienone is 2. The van der Waals surface area contributed by atoms with Crippen LogP contribution in [0.3, 0.4) is 0 Å². The van der Waals surface area contributed by atoms with E-state index >= 15 is 8.78 Å². The fraction of sp³-hybridized carbons (Fsp3) is 0.294. The number of alkyl halides is 2. The first-order valence-corrected chi connectivity index (χ1v) is 17.2. The standard InChI is InChI=1S/C34H21Cl3F5N5O9/c1-43(2)27-17(46(53)54)8-12(9-18(27)47(55)56)44-29(49)14-5-4-13-16(20(14)30(44)50)10-33(36)31(51)45(28-25(41)23(39)22(38)24(40)26(28)42)32(52)34(33,37)21(13)15-7-11(35)3-6-19(15)48/h3-4,6-9,14,16,20-21,48H,5,10H2,1-2H3/t14-,16+,20-,21+,33+,34-/m0/s1. The summed E-state index contributed by atoms with van der Waals surface area (Å²) < 4.78 is 73.5. The molecule has 4 aliphatic rings. The van der Waals surface area contributed by atoms with Gasteiger partial charge in [0.05, 0.1) is 27.4 Å². The van der Waals surface area contributed by atoms with Crippen molar-refractivity contribution in [3.8, 4) is 5.75 Å². The van der Waals surface area contributed by atoms with Gasteiger partial charge < -0.3 is 10.0 Å². The topological polar surface area (TPSA) is 185 Å². The van der Waals surface area contributed by atoms with Gasteiger partial charge in [-0.3, -0.25) is 39.4 Å². The Kier molecular flexibility index (Phi) is 8.89. The monoisotopic (exact) mass is 843 g/mol. The second-order valence-corrected chi connectivity index (χ2v) is 15.3. The number of nitro benzene ring substituents is 2. The summed E-state index contributed by atoms with van der Waals surface area (Å²) in [6.07, 6.45) is 0.109. The molecular weight excluding hydrogens is 824 g/mol. The number of halogens is 8. The predicted molar refractivity (Wildman–Crippen MR) is 186 cm³/mol. The molecule has 1 N–H and O–H groups in total. The van der Waals surface area contributed by atoms with Gasteiger partial charge in [0.25, 0.3) is 11.8 Å². The van der Waals surface area contributed by atoms with Gasteiger partial charge in [0.2, 0.25) is 17.6 Å². The number of fused-ring (bicyclic) bond motifs is 4. The Balaban J connectivity index is 1.43. The van der Waals surface area contributed by atoms with Crippen molar-refractivity contribution in [1.29, 1.82) is 0 Å². The Morgan fingerprint density at radius 1 is 0.821 bits per heavy atom. The molecular formula is C34H21Cl3F5N5O9. The van der Waals surface area contributed by atoms with E-state index in [2.05, 4.69) is 0 Å². The van der Waals surface area contributed by atoms with Gasteiger partial charge >= 0.3 is 11.4 Å². The van der Waals surface area contributed by atoms with Gasteiger partial charge in [0.15, 0.2) is 38.7 Å². The summed E-state index contributed by atoms with van der Waals surface area (Å²) >= 11 is 20.3. The Morgan fingerprint density at radius 3 is 1.91 bits per heavy atom. The lowest BCUT2D eigenvalue weighted by atomic mass is 9.56. The zero-order valence-corrected chi connectivity index (χ0v) is 30.4. The molecule has 2 saturated heterocycles. The average molecular weight is 845 g/mol. The highest BCUT2D eigenvalue weighted by molar-refractivity contribution is 6.58. The molecule has 0 aromatic heterocycles. The molecule has 3 aromatic carbocycles. The molecule has 4 amide bonds. The molecule has 14 nitrogen and oxygen atoms in total. The van der Waals surface area contributed by atoms with Crippen molar-refractivity contribution in [2.24, 2.45) is 17.8 Å². The SMILES string of the molecule is CN(C)c1c([N+](=O)[O-])cc(N2C(=O)[C@H]3[C@H](CC=C4[C@H]3C[C@@]3(Cl)C(=O)N(c5c(F)c(F)c(F)c(F)c5F)C(=O)[C@@]3(Cl)[C@H]4c3cc(Cl)ccc3O)C2=O)cc1[N+](=O)[O-]. The van der Waals surface area contributed by atoms with Crippen molar-refractivity contribution in [3.63, 3.8) is 0 Å². The van der Waals surface area contributed by atoms with Gasteiger partial charge in [-0.15, -0.1) is 23.2 Å². The number of anilines is 3. The third-order valence-corrected chi connectivity index (χ3v) is 12.3. The number of amides is 4. The molecule has 3 aromatic rings. The van der Waals surface area contributed by atoms with Crippen molar-refractivity contribution >= 4 is 86.9 Å². The Hall–Kier alpha value is -5.40. The summed E-state index contributed by atoms with van der Waals surface area (Å²) in [5.74, 6) is -25.2. The minimum Gasteiger partial charge on any atom is -0.508 e. The fourth-order valence-corrected chi connectivity index (χ4v) is 9.49. The van der Waals surface area contributed by atoms with Crippen molar-refractivity contribution < 1.29 is 56.1 Å². The van der Waals surface area contributed by atoms with Crippen LogP contribution in [0.15, 0.2) is 42.0 Å². The minimum absolute atomic E-state index is 0.0292. The van der Waals surface area contributed by atoms with Gasteiger partial charge in [-0.1, -0.05) is 23.3 Å². The predicted octanol–water partition coefficient (Wildman–Crippen LogP) is 6.39. The second kappa shape index (κ2) is 12.8. The molecule has 2 heterocycles. The van der Waals surface area contributed by atoms with Gasteiger partial charge in [-0.25, -0.2) is 31.8 Å². The maximum Gasteiger partial charge on any atom is 0.301 e. The van der Waals surface area contributed by atoms with Crippen LogP contribution in [0.1, 0.15) is 24.3 Å². The number of nitrogens with zero attached hydrogens (tertiary/aromatic N) is 5. The number of phenolic OH excluding ortho intramolecular Hbond substituents is 1. The molecule has 292 valence electrons. The van der Waals surface area contributed by atoms with E-state index in [-0.39, 0.29) is 22.6 Å². The number of hydrogen-bond donors (Lipinski definition) is 1. The highest BCUT2D eigenvalue weighted by atomic mass is 35.5. The first-order chi connectivity index (χ1) is 26.1. The molecule has 0 bridgehead atoms. The van der Waals surface area contributed by atoms with Crippen LogP contribution in [0, 0.1) is 67.1 Å². The summed E-state index contributed by atoms with van der Waals surface area (Å²) in [5, 5.41) is 35.2. The lowest BCUT2D eigenvalue weighted by molar-refractivity contribution is -0.392. The molecule has 7 rings (SSSR count). The lowest BCUT2D eigenvalue weighted by Gasteiger charge is -2.50. The smallest absolute Gasteiger partial charge is 0.301 e. The van der Waals surface area contributed by atoms with Gasteiger partial charge in [0, 0.05) is 42.7 Å². The highest BCUT2D eigenvalue weighted by Crippen LogP contribution is 2.67. The van der Waals surface area contributed by atoms with E-state index in [0.717, 1.165) is 29.2 Å². The number of benzene rings is 3. The number of phenols is 1. The maximum atomic E-state index is 15.3. The quantitative estimate of drug-likeness (QED) is 0.0426. The summed E-state index contributed by atoms with van der Waals surface area (Å²) in [6, 6.07) is 4.92. The Morgan fingerprint density at radius 2 is 1.38 bits per heavy atom. The number of rotatable bonds is 6. The first kappa shape index (κ1) is 38.9. The van der Waals surface area contributed by atoms with Crippen LogP contribution in [0.4, 0.5) is 50.4 Å². The van der Waals surface area contributed by atoms with Gasteiger partial charge in [0.1, 0.15) is 11.4 Å². The Bertz CT molecular complexity index is 2370. The maximum absolute atomic E-state index is 15.3. The third-order valence-electron chi connectivity index (χ3n) is 10.7. The van der Waals surface area contributed by atoms with E-state index in [4.69, 9.17) is 34.8 Å². The van der Waals surface area contributed by atoms with Crippen molar-refractivity contribution in [1.82, 2.24) is 0 Å². The molecule has 6 atom stereocenters. The number of imide groups is 2. The van der Waals surface area contributed by atoms with E-state index in [0.29, 0.717) is 4.90 Å². The van der Waals surface area contributed by atoms with Crippen LogP contribution in [-0.4, -0.2) is 62.4 Å². The van der Waals surface area contributed by atoms with Crippen LogP contribution in [-0.2, 0) is 19.2 Å². The second-order valence-electron chi connectivity index (χ2n) is 13.6. The molecule has 56 heavy (non-hydrogen) atoms. The molecule has 22 heteroatoms. The van der Waals surface area contributed by atoms with E-state index < -0.39 is 141 Å². The van der Waals surface area contributed by atoms with E-state index in [1.165, 1.54) is 26.2 Å². The molecule has 3 fully saturated rings. The zero-order chi connectivity index (χ0) is 41.2. The molecule has 0 unspecified atom stereocenters. The number of carbonyl (C=O) groups excluding carboxylic acids is 4. The first-order valence-electron chi connectivity index (χ1n) is 16.1. The van der Waals surface area contributed by atoms with E-state index in [1.54, 1.807) is 0 Å². The van der Waals surface area contributed by atoms with E-state index in [9.17, 15) is 57.7 Å². The van der Waals surface area contributed by atoms with Crippen LogP contribution < -0.4 is 14.7 Å². The van der Waals surface area contributed by atoms with Crippen LogP contribution in [0.2, 0.25) is 5.02 Å². The number of carbonyl (C=O) groups is 4. The van der Waals surface area contributed by atoms with Crippen LogP contribution >= 0.6 is 34.8 Å². The molecule has 0 spiro atoms. The summed E-state index contributed by atoms with van der Waals surface area (Å²) in [7, 11) is 2.59. The minimum atomic E-state index is -2.95. The largest absolute Gasteiger partial charge is 0.508 e. The normalized spacial score (nSPS) is 26.9. The summed E-state index contributed by atoms with van der Waals surface area (Å²) in [4.78, 5) is 74.8. The van der Waals surface area contributed by atoms with Crippen LogP contribution in [0.25, 0.3) is 0 Å². The molecule has 1 saturated carbocycles. The highest BCUT2D eigenvalue weighted by Gasteiger charge is 2.77. The molecule has 2 aliphatic carbocycles. The van der Waals surface area contributed by atoms with E-state index in [1.807, 2.05) is 0 Å². The van der Waals surface area contributed by atoms with Crippen molar-refractivity contribution in [2.75, 3.05) is 28.8 Å². The Labute approximate surface area is 324 Å². The van der Waals surface area contributed by atoms with Gasteiger partial charge in [-0.2, -0.15) is 0 Å². The summed E-state index contributed by atoms with van der Waals surface area (Å²) in [5.41, 5.74) is -5.04. The lowest BCUT2D eigenvalue weighted by Crippen LogP contribution is -2.60. The average Bonchev–Trinajstić information content (AvgIpc) is 3.48. The van der Waals surface area contributed by atoms with Crippen molar-refractivity contribution in [3.05, 3.63) is 102 Å². The zero-order valence-electron chi connectivity index (χ0n) is 28.2. The number of nitro groups is 2. The van der Waals surface area contributed by atoms with Crippen LogP contribution in [0.5, 0.6) is 5.75 Å². The fourth-order valence-electron chi connectivity index (χ4n) is 8.38.